The molecule has 3 nitrogen and oxygen atoms in total. The summed E-state index contributed by atoms with van der Waals surface area (Å²) < 4.78 is 1.58. The third-order valence-electron chi connectivity index (χ3n) is 2.91. The number of nitrogens with zero attached hydrogens (tertiary/aromatic N) is 1. The molecule has 0 bridgehead atoms. The number of aryl methyl sites for hydroxylation is 1. The number of hydrogen-bond donors (Lipinski definition) is 1. The van der Waals surface area contributed by atoms with Crippen LogP contribution in [0.2, 0.25) is 9.36 Å². The lowest BCUT2D eigenvalue weighted by molar-refractivity contribution is -0.115. The number of hydrogen-bond acceptors (Lipinski definition) is 4. The van der Waals surface area contributed by atoms with Crippen LogP contribution in [0.15, 0.2) is 24.3 Å². The number of nitrogens with one attached hydrogen (secondary N) is 1. The van der Waals surface area contributed by atoms with Crippen LogP contribution < -0.4 is 5.32 Å². The molecule has 3 rings (SSSR count). The van der Waals surface area contributed by atoms with Crippen molar-refractivity contribution in [3.8, 4) is 0 Å². The molecule has 0 saturated heterocycles. The first-order valence-corrected chi connectivity index (χ1v) is 8.51. The lowest BCUT2D eigenvalue weighted by Crippen LogP contribution is -2.13. The van der Waals surface area contributed by atoms with Crippen LogP contribution in [0.3, 0.4) is 0 Å². The minimum atomic E-state index is -0.110. The van der Waals surface area contributed by atoms with E-state index in [0.29, 0.717) is 20.9 Å². The largest absolute Gasteiger partial charge is 0.302 e. The molecule has 3 aromatic rings. The van der Waals surface area contributed by atoms with Crippen molar-refractivity contribution >= 4 is 67.1 Å². The highest BCUT2D eigenvalue weighted by Crippen LogP contribution is 2.34. The van der Waals surface area contributed by atoms with E-state index in [2.05, 4.69) is 10.3 Å². The van der Waals surface area contributed by atoms with Gasteiger partial charge in [0.2, 0.25) is 5.91 Å². The molecule has 0 aliphatic carbocycles. The SMILES string of the molecule is Cc1ccc(Cl)c2sc(NC(=O)Cc3ccc(Cl)s3)nc12. The van der Waals surface area contributed by atoms with E-state index in [1.165, 1.54) is 22.7 Å². The molecule has 1 amide bonds. The van der Waals surface area contributed by atoms with E-state index in [-0.39, 0.29) is 5.91 Å². The molecule has 0 aliphatic heterocycles. The van der Waals surface area contributed by atoms with Gasteiger partial charge >= 0.3 is 0 Å². The van der Waals surface area contributed by atoms with E-state index in [4.69, 9.17) is 23.2 Å². The Morgan fingerprint density at radius 2 is 2.05 bits per heavy atom. The fourth-order valence-corrected chi connectivity index (χ4v) is 4.24. The van der Waals surface area contributed by atoms with Crippen LogP contribution in [-0.2, 0) is 11.2 Å². The van der Waals surface area contributed by atoms with E-state index in [0.717, 1.165) is 20.7 Å². The molecule has 0 aliphatic rings. The van der Waals surface area contributed by atoms with Gasteiger partial charge in [0.05, 0.1) is 26.0 Å². The Balaban J connectivity index is 1.80. The Morgan fingerprint density at radius 3 is 2.71 bits per heavy atom. The second-order valence-electron chi connectivity index (χ2n) is 4.49. The summed E-state index contributed by atoms with van der Waals surface area (Å²) in [7, 11) is 0. The van der Waals surface area contributed by atoms with Crippen molar-refractivity contribution in [3.05, 3.63) is 44.1 Å². The number of halogens is 2. The quantitative estimate of drug-likeness (QED) is 0.704. The minimum absolute atomic E-state index is 0.110. The molecule has 0 spiro atoms. The van der Waals surface area contributed by atoms with Gasteiger partial charge in [0.15, 0.2) is 5.13 Å². The average Bonchev–Trinajstić information content (AvgIpc) is 3.01. The van der Waals surface area contributed by atoms with Gasteiger partial charge in [-0.2, -0.15) is 0 Å². The van der Waals surface area contributed by atoms with E-state index >= 15 is 0 Å². The molecule has 7 heteroatoms. The average molecular weight is 357 g/mol. The number of anilines is 1. The Kier molecular flexibility index (Phi) is 4.17. The zero-order valence-corrected chi connectivity index (χ0v) is 14.1. The number of fused-ring (bicyclic) bond motifs is 1. The van der Waals surface area contributed by atoms with E-state index in [9.17, 15) is 4.79 Å². The second kappa shape index (κ2) is 5.93. The van der Waals surface area contributed by atoms with Gasteiger partial charge in [-0.05, 0) is 30.7 Å². The van der Waals surface area contributed by atoms with E-state index in [1.807, 2.05) is 25.1 Å². The van der Waals surface area contributed by atoms with E-state index < -0.39 is 0 Å². The molecule has 0 radical (unpaired) electrons. The van der Waals surface area contributed by atoms with Crippen molar-refractivity contribution in [2.45, 2.75) is 13.3 Å². The maximum absolute atomic E-state index is 12.0. The fourth-order valence-electron chi connectivity index (χ4n) is 1.92. The molecule has 108 valence electrons. The summed E-state index contributed by atoms with van der Waals surface area (Å²) in [5.41, 5.74) is 1.87. The van der Waals surface area contributed by atoms with Gasteiger partial charge in [0.1, 0.15) is 0 Å². The van der Waals surface area contributed by atoms with Crippen LogP contribution in [-0.4, -0.2) is 10.9 Å². The summed E-state index contributed by atoms with van der Waals surface area (Å²) in [6, 6.07) is 7.40. The van der Waals surface area contributed by atoms with Crippen LogP contribution in [0.25, 0.3) is 10.2 Å². The normalized spacial score (nSPS) is 11.0. The van der Waals surface area contributed by atoms with Crippen LogP contribution in [0.4, 0.5) is 5.13 Å². The van der Waals surface area contributed by atoms with Crippen molar-refractivity contribution in [1.29, 1.82) is 0 Å². The highest BCUT2D eigenvalue weighted by molar-refractivity contribution is 7.23. The van der Waals surface area contributed by atoms with Crippen LogP contribution in [0.1, 0.15) is 10.4 Å². The number of aromatic nitrogens is 1. The first kappa shape index (κ1) is 14.8. The standard InChI is InChI=1S/C14H10Cl2N2OS2/c1-7-2-4-9(15)13-12(7)18-14(21-13)17-11(19)6-8-3-5-10(16)20-8/h2-5H,6H2,1H3,(H,17,18,19). The van der Waals surface area contributed by atoms with Crippen molar-refractivity contribution in [2.75, 3.05) is 5.32 Å². The zero-order valence-electron chi connectivity index (χ0n) is 10.9. The summed E-state index contributed by atoms with van der Waals surface area (Å²) in [5, 5.41) is 4.03. The molecule has 2 aromatic heterocycles. The van der Waals surface area contributed by atoms with Gasteiger partial charge in [-0.1, -0.05) is 40.6 Å². The zero-order chi connectivity index (χ0) is 15.0. The van der Waals surface area contributed by atoms with Crippen molar-refractivity contribution < 1.29 is 4.79 Å². The predicted molar refractivity (Wildman–Crippen MR) is 91.0 cm³/mol. The topological polar surface area (TPSA) is 42.0 Å². The molecular weight excluding hydrogens is 347 g/mol. The van der Waals surface area contributed by atoms with Crippen LogP contribution in [0.5, 0.6) is 0 Å². The number of thiophene rings is 1. The van der Waals surface area contributed by atoms with Gasteiger partial charge in [-0.3, -0.25) is 4.79 Å². The molecule has 0 unspecified atom stereocenters. The number of carbonyl (C=O) groups is 1. The molecule has 0 saturated carbocycles. The Morgan fingerprint density at radius 1 is 1.24 bits per heavy atom. The third kappa shape index (κ3) is 3.21. The molecule has 21 heavy (non-hydrogen) atoms. The van der Waals surface area contributed by atoms with Crippen LogP contribution >= 0.6 is 45.9 Å². The van der Waals surface area contributed by atoms with Crippen molar-refractivity contribution in [1.82, 2.24) is 4.98 Å². The molecule has 2 heterocycles. The maximum Gasteiger partial charge on any atom is 0.231 e. The first-order valence-electron chi connectivity index (χ1n) is 6.12. The summed E-state index contributed by atoms with van der Waals surface area (Å²) >= 11 is 14.8. The fraction of sp³-hybridized carbons (Fsp3) is 0.143. The third-order valence-corrected chi connectivity index (χ3v) is 5.57. The highest BCUT2D eigenvalue weighted by atomic mass is 35.5. The first-order chi connectivity index (χ1) is 10.0. The van der Waals surface area contributed by atoms with Crippen molar-refractivity contribution in [3.63, 3.8) is 0 Å². The number of benzene rings is 1. The van der Waals surface area contributed by atoms with Crippen LogP contribution in [0, 0.1) is 6.92 Å². The summed E-state index contributed by atoms with van der Waals surface area (Å²) in [4.78, 5) is 17.4. The maximum atomic E-state index is 12.0. The highest BCUT2D eigenvalue weighted by Gasteiger charge is 2.12. The smallest absolute Gasteiger partial charge is 0.231 e. The van der Waals surface area contributed by atoms with Gasteiger partial charge < -0.3 is 5.32 Å². The monoisotopic (exact) mass is 356 g/mol. The van der Waals surface area contributed by atoms with Gasteiger partial charge in [-0.25, -0.2) is 4.98 Å². The summed E-state index contributed by atoms with van der Waals surface area (Å²) in [6.07, 6.45) is 0.292. The number of thiazole rings is 1. The summed E-state index contributed by atoms with van der Waals surface area (Å²) in [5.74, 6) is -0.110. The Labute approximate surface area is 139 Å². The second-order valence-corrected chi connectivity index (χ2v) is 7.70. The summed E-state index contributed by atoms with van der Waals surface area (Å²) in [6.45, 7) is 1.97. The van der Waals surface area contributed by atoms with Gasteiger partial charge in [-0.15, -0.1) is 11.3 Å². The molecule has 0 fully saturated rings. The Hall–Kier alpha value is -1.14. The lowest BCUT2D eigenvalue weighted by Gasteiger charge is -1.98. The molecule has 1 aromatic carbocycles. The Bertz CT molecular complexity index is 787. The molecule has 1 N–H and O–H groups in total. The number of rotatable bonds is 3. The lowest BCUT2D eigenvalue weighted by atomic mass is 10.2. The van der Waals surface area contributed by atoms with Crippen molar-refractivity contribution in [2.24, 2.45) is 0 Å². The minimum Gasteiger partial charge on any atom is -0.302 e. The van der Waals surface area contributed by atoms with Gasteiger partial charge in [0, 0.05) is 4.88 Å². The predicted octanol–water partition coefficient (Wildman–Crippen LogP) is 5.15. The number of amides is 1. The molecular formula is C14H10Cl2N2OS2. The molecule has 0 atom stereocenters. The van der Waals surface area contributed by atoms with Gasteiger partial charge in [0.25, 0.3) is 0 Å². The number of carbonyl (C=O) groups excluding carboxylic acids is 1. The van der Waals surface area contributed by atoms with E-state index in [1.54, 1.807) is 6.07 Å².